The third-order valence-electron chi connectivity index (χ3n) is 3.80. The minimum atomic E-state index is -0.197. The summed E-state index contributed by atoms with van der Waals surface area (Å²) in [5, 5.41) is 4.16. The van der Waals surface area contributed by atoms with Crippen LogP contribution in [0.5, 0.6) is 0 Å². The molecule has 0 amide bonds. The highest BCUT2D eigenvalue weighted by Gasteiger charge is 2.49. The zero-order valence-electron chi connectivity index (χ0n) is 11.9. The van der Waals surface area contributed by atoms with Crippen LogP contribution in [0.2, 0.25) is 0 Å². The molecule has 2 atom stereocenters. The first-order valence-electron chi connectivity index (χ1n) is 6.54. The average molecular weight is 269 g/mol. The monoisotopic (exact) mass is 269 g/mol. The Morgan fingerprint density at radius 3 is 2.61 bits per heavy atom. The van der Waals surface area contributed by atoms with E-state index >= 15 is 0 Å². The smallest absolute Gasteiger partial charge is 0.0801 e. The first-order valence-corrected chi connectivity index (χ1v) is 7.31. The largest absolute Gasteiger partial charge is 0.369 e. The third-order valence-corrected chi connectivity index (χ3v) is 4.67. The minimum Gasteiger partial charge on any atom is -0.369 e. The second kappa shape index (κ2) is 4.54. The van der Waals surface area contributed by atoms with Crippen molar-refractivity contribution in [2.75, 3.05) is 0 Å². The Bertz CT molecular complexity index is 428. The maximum atomic E-state index is 6.47. The van der Waals surface area contributed by atoms with Crippen molar-refractivity contribution in [2.45, 2.75) is 64.7 Å². The van der Waals surface area contributed by atoms with Crippen molar-refractivity contribution < 1.29 is 4.74 Å². The second-order valence-electron chi connectivity index (χ2n) is 6.24. The van der Waals surface area contributed by atoms with Crippen molar-refractivity contribution in [1.82, 2.24) is 9.59 Å². The summed E-state index contributed by atoms with van der Waals surface area (Å²) in [6, 6.07) is -0.0308. The lowest BCUT2D eigenvalue weighted by molar-refractivity contribution is -0.0766. The molecular weight excluding hydrogens is 246 g/mol. The molecule has 1 saturated heterocycles. The van der Waals surface area contributed by atoms with Crippen LogP contribution in [-0.2, 0) is 11.2 Å². The number of nitrogens with two attached hydrogens (primary N) is 1. The number of ether oxygens (including phenoxy) is 1. The van der Waals surface area contributed by atoms with E-state index in [1.54, 1.807) is 0 Å². The molecule has 2 unspecified atom stereocenters. The number of aromatic nitrogens is 2. The van der Waals surface area contributed by atoms with Crippen LogP contribution in [0.25, 0.3) is 0 Å². The molecule has 1 aromatic rings. The molecule has 102 valence electrons. The number of hydrogen-bond donors (Lipinski definition) is 1. The molecule has 2 rings (SSSR count). The van der Waals surface area contributed by atoms with Crippen molar-refractivity contribution in [3.63, 3.8) is 0 Å². The van der Waals surface area contributed by atoms with Crippen molar-refractivity contribution in [3.8, 4) is 0 Å². The van der Waals surface area contributed by atoms with Gasteiger partial charge in [0.1, 0.15) is 0 Å². The van der Waals surface area contributed by atoms with Crippen LogP contribution in [0.1, 0.15) is 57.7 Å². The summed E-state index contributed by atoms with van der Waals surface area (Å²) in [5.74, 6) is 0.306. The van der Waals surface area contributed by atoms with Gasteiger partial charge in [-0.25, -0.2) is 0 Å². The van der Waals surface area contributed by atoms with E-state index in [2.05, 4.69) is 44.2 Å². The maximum Gasteiger partial charge on any atom is 0.0801 e. The summed E-state index contributed by atoms with van der Waals surface area (Å²) in [6.45, 7) is 10.6. The van der Waals surface area contributed by atoms with Gasteiger partial charge in [-0.3, -0.25) is 0 Å². The Morgan fingerprint density at radius 2 is 2.11 bits per heavy atom. The van der Waals surface area contributed by atoms with E-state index < -0.39 is 0 Å². The van der Waals surface area contributed by atoms with Crippen LogP contribution in [0.15, 0.2) is 0 Å². The topological polar surface area (TPSA) is 61.0 Å². The quantitative estimate of drug-likeness (QED) is 0.916. The molecule has 5 heteroatoms. The molecule has 1 aliphatic rings. The van der Waals surface area contributed by atoms with Crippen LogP contribution >= 0.6 is 11.5 Å². The highest BCUT2D eigenvalue weighted by molar-refractivity contribution is 7.05. The van der Waals surface area contributed by atoms with E-state index in [1.165, 1.54) is 11.5 Å². The molecule has 2 heterocycles. The van der Waals surface area contributed by atoms with E-state index in [1.807, 2.05) is 0 Å². The zero-order valence-corrected chi connectivity index (χ0v) is 12.7. The molecule has 0 aromatic carbocycles. The molecule has 18 heavy (non-hydrogen) atoms. The van der Waals surface area contributed by atoms with Gasteiger partial charge in [0.2, 0.25) is 0 Å². The van der Waals surface area contributed by atoms with Gasteiger partial charge in [-0.15, -0.1) is 5.10 Å². The lowest BCUT2D eigenvalue weighted by atomic mass is 9.81. The highest BCUT2D eigenvalue weighted by Crippen LogP contribution is 2.47. The Hall–Kier alpha value is -0.520. The van der Waals surface area contributed by atoms with E-state index in [-0.39, 0.29) is 17.2 Å². The maximum absolute atomic E-state index is 6.47. The Morgan fingerprint density at radius 1 is 1.44 bits per heavy atom. The van der Waals surface area contributed by atoms with Gasteiger partial charge in [-0.2, -0.15) is 0 Å². The molecule has 4 nitrogen and oxygen atoms in total. The summed E-state index contributed by atoms with van der Waals surface area (Å²) in [7, 11) is 0. The summed E-state index contributed by atoms with van der Waals surface area (Å²) in [5.41, 5.74) is 7.21. The second-order valence-corrected chi connectivity index (χ2v) is 7.02. The van der Waals surface area contributed by atoms with Crippen molar-refractivity contribution >= 4 is 11.5 Å². The molecule has 0 radical (unpaired) electrons. The summed E-state index contributed by atoms with van der Waals surface area (Å²) in [4.78, 5) is 1.12. The summed E-state index contributed by atoms with van der Waals surface area (Å²) in [6.07, 6.45) is 1.86. The predicted octanol–water partition coefficient (Wildman–Crippen LogP) is 2.69. The normalized spacial score (nSPS) is 27.3. The molecule has 2 N–H and O–H groups in total. The van der Waals surface area contributed by atoms with Crippen LogP contribution in [0.4, 0.5) is 0 Å². The van der Waals surface area contributed by atoms with Crippen LogP contribution < -0.4 is 5.73 Å². The van der Waals surface area contributed by atoms with E-state index in [0.29, 0.717) is 5.92 Å². The minimum absolute atomic E-state index is 0.0308. The van der Waals surface area contributed by atoms with Crippen LogP contribution in [-0.4, -0.2) is 20.8 Å². The Kier molecular flexibility index (Phi) is 3.51. The lowest BCUT2D eigenvalue weighted by Gasteiger charge is -2.30. The molecule has 1 fully saturated rings. The van der Waals surface area contributed by atoms with Gasteiger partial charge in [-0.1, -0.05) is 11.4 Å². The number of nitrogens with zero attached hydrogens (tertiary/aromatic N) is 2. The van der Waals surface area contributed by atoms with Gasteiger partial charge in [0, 0.05) is 12.0 Å². The molecule has 1 aromatic heterocycles. The van der Waals surface area contributed by atoms with Gasteiger partial charge in [-0.05, 0) is 52.1 Å². The van der Waals surface area contributed by atoms with E-state index in [9.17, 15) is 0 Å². The van der Waals surface area contributed by atoms with Crippen molar-refractivity contribution in [1.29, 1.82) is 0 Å². The fourth-order valence-corrected chi connectivity index (χ4v) is 3.86. The van der Waals surface area contributed by atoms with Gasteiger partial charge >= 0.3 is 0 Å². The molecule has 0 spiro atoms. The van der Waals surface area contributed by atoms with Crippen molar-refractivity contribution in [3.05, 3.63) is 10.6 Å². The lowest BCUT2D eigenvalue weighted by Crippen LogP contribution is -2.35. The third kappa shape index (κ3) is 2.44. The number of hydrogen-bond acceptors (Lipinski definition) is 5. The molecule has 0 aliphatic carbocycles. The van der Waals surface area contributed by atoms with Gasteiger partial charge in [0.25, 0.3) is 0 Å². The molecule has 0 bridgehead atoms. The fraction of sp³-hybridized carbons (Fsp3) is 0.846. The number of aryl methyl sites for hydroxylation is 1. The Balaban J connectivity index is 2.27. The molecular formula is C13H23N3OS. The van der Waals surface area contributed by atoms with Crippen LogP contribution in [0.3, 0.4) is 0 Å². The molecule has 1 aliphatic heterocycles. The average Bonchev–Trinajstić information content (AvgIpc) is 2.78. The standard InChI is InChI=1S/C13H23N3OS/c1-6-9-11(18-16-15-9)10(14)8-7-12(2,3)17-13(8,4)5/h8,10H,6-7,14H2,1-5H3. The van der Waals surface area contributed by atoms with Crippen LogP contribution in [0, 0.1) is 5.92 Å². The summed E-state index contributed by atoms with van der Waals surface area (Å²) < 4.78 is 10.2. The highest BCUT2D eigenvalue weighted by atomic mass is 32.1. The first kappa shape index (κ1) is 13.9. The van der Waals surface area contributed by atoms with Gasteiger partial charge < -0.3 is 10.5 Å². The first-order chi connectivity index (χ1) is 8.27. The Labute approximate surface area is 113 Å². The van der Waals surface area contributed by atoms with E-state index in [0.717, 1.165) is 23.4 Å². The SMILES string of the molecule is CCc1nnsc1C(N)C1CC(C)(C)OC1(C)C. The fourth-order valence-electron chi connectivity index (χ4n) is 3.06. The summed E-state index contributed by atoms with van der Waals surface area (Å²) >= 11 is 1.43. The number of rotatable bonds is 3. The molecule has 0 saturated carbocycles. The van der Waals surface area contributed by atoms with Gasteiger partial charge in [0.05, 0.1) is 21.8 Å². The zero-order chi connectivity index (χ0) is 13.6. The van der Waals surface area contributed by atoms with Crippen molar-refractivity contribution in [2.24, 2.45) is 11.7 Å². The predicted molar refractivity (Wildman–Crippen MR) is 73.6 cm³/mol. The van der Waals surface area contributed by atoms with E-state index in [4.69, 9.17) is 10.5 Å². The van der Waals surface area contributed by atoms with Gasteiger partial charge in [0.15, 0.2) is 0 Å².